The van der Waals surface area contributed by atoms with Crippen LogP contribution in [0.15, 0.2) is 24.5 Å². The lowest BCUT2D eigenvalue weighted by atomic mass is 10.1. The Kier molecular flexibility index (Phi) is 2.39. The highest BCUT2D eigenvalue weighted by atomic mass is 32.1. The van der Waals surface area contributed by atoms with Crippen molar-refractivity contribution < 1.29 is 0 Å². The summed E-state index contributed by atoms with van der Waals surface area (Å²) in [5, 5.41) is 2.39. The fourth-order valence-corrected chi connectivity index (χ4v) is 4.30. The first kappa shape index (κ1) is 11.4. The predicted octanol–water partition coefficient (Wildman–Crippen LogP) is 2.59. The zero-order valence-electron chi connectivity index (χ0n) is 11.2. The minimum Gasteiger partial charge on any atom is -0.265 e. The SMILES string of the molecule is CC1=c2nc(-c3ccncc3)sc2=C(C)CC2CC12. The number of pyridine rings is 1. The van der Waals surface area contributed by atoms with Gasteiger partial charge in [-0.1, -0.05) is 5.57 Å². The predicted molar refractivity (Wildman–Crippen MR) is 79.0 cm³/mol. The lowest BCUT2D eigenvalue weighted by Gasteiger charge is -1.96. The van der Waals surface area contributed by atoms with Crippen LogP contribution < -0.4 is 9.88 Å². The van der Waals surface area contributed by atoms with Gasteiger partial charge in [-0.15, -0.1) is 11.3 Å². The van der Waals surface area contributed by atoms with Crippen LogP contribution in [0, 0.1) is 11.8 Å². The molecule has 96 valence electrons. The normalized spacial score (nSPS) is 24.7. The Bertz CT molecular complexity index is 758. The average molecular weight is 268 g/mol. The van der Waals surface area contributed by atoms with Crippen molar-refractivity contribution in [3.05, 3.63) is 34.4 Å². The van der Waals surface area contributed by atoms with Gasteiger partial charge in [0.05, 0.1) is 9.88 Å². The molecule has 4 rings (SSSR count). The monoisotopic (exact) mass is 268 g/mol. The molecule has 0 radical (unpaired) electrons. The second-order valence-corrected chi connectivity index (χ2v) is 6.70. The molecule has 1 saturated carbocycles. The molecule has 1 fully saturated rings. The van der Waals surface area contributed by atoms with Gasteiger partial charge in [-0.3, -0.25) is 4.98 Å². The first-order valence-electron chi connectivity index (χ1n) is 6.82. The molecule has 0 bridgehead atoms. The largest absolute Gasteiger partial charge is 0.265 e. The minimum absolute atomic E-state index is 0.795. The first-order valence-corrected chi connectivity index (χ1v) is 7.63. The van der Waals surface area contributed by atoms with E-state index < -0.39 is 0 Å². The molecule has 2 aliphatic carbocycles. The molecule has 2 aliphatic rings. The van der Waals surface area contributed by atoms with Gasteiger partial charge < -0.3 is 0 Å². The summed E-state index contributed by atoms with van der Waals surface area (Å²) in [6, 6.07) is 4.09. The molecule has 0 saturated heterocycles. The lowest BCUT2D eigenvalue weighted by molar-refractivity contribution is 0.823. The number of rotatable bonds is 1. The van der Waals surface area contributed by atoms with Gasteiger partial charge in [0.1, 0.15) is 5.01 Å². The van der Waals surface area contributed by atoms with E-state index in [1.54, 1.807) is 0 Å². The first-order chi connectivity index (χ1) is 9.24. The highest BCUT2D eigenvalue weighted by molar-refractivity contribution is 7.13. The highest BCUT2D eigenvalue weighted by Gasteiger charge is 2.40. The van der Waals surface area contributed by atoms with E-state index in [9.17, 15) is 0 Å². The van der Waals surface area contributed by atoms with Gasteiger partial charge in [0.25, 0.3) is 0 Å². The molecular weight excluding hydrogens is 252 g/mol. The van der Waals surface area contributed by atoms with Crippen molar-refractivity contribution in [3.63, 3.8) is 0 Å². The van der Waals surface area contributed by atoms with E-state index in [1.807, 2.05) is 35.9 Å². The van der Waals surface area contributed by atoms with E-state index in [1.165, 1.54) is 39.4 Å². The third kappa shape index (κ3) is 1.76. The van der Waals surface area contributed by atoms with E-state index in [2.05, 4.69) is 18.8 Å². The molecule has 0 aliphatic heterocycles. The Balaban J connectivity index is 1.99. The van der Waals surface area contributed by atoms with Gasteiger partial charge in [-0.2, -0.15) is 0 Å². The van der Waals surface area contributed by atoms with Crippen molar-refractivity contribution in [1.29, 1.82) is 0 Å². The van der Waals surface area contributed by atoms with Crippen molar-refractivity contribution in [2.45, 2.75) is 26.7 Å². The number of thiazole rings is 1. The number of hydrogen-bond donors (Lipinski definition) is 0. The van der Waals surface area contributed by atoms with Gasteiger partial charge in [0.2, 0.25) is 0 Å². The van der Waals surface area contributed by atoms with Gasteiger partial charge in [-0.05, 0) is 56.2 Å². The Morgan fingerprint density at radius 2 is 2.00 bits per heavy atom. The standard InChI is InChI=1S/C16H16N2S/c1-9-7-12-8-13(12)10(2)14-15(9)19-16(18-14)11-3-5-17-6-4-11/h3-6,12-13H,7-8H2,1-2H3. The van der Waals surface area contributed by atoms with Crippen molar-refractivity contribution in [2.24, 2.45) is 11.8 Å². The summed E-state index contributed by atoms with van der Waals surface area (Å²) < 4.78 is 1.41. The molecule has 2 nitrogen and oxygen atoms in total. The number of aromatic nitrogens is 2. The van der Waals surface area contributed by atoms with Crippen molar-refractivity contribution in [1.82, 2.24) is 9.97 Å². The van der Waals surface area contributed by atoms with E-state index >= 15 is 0 Å². The maximum atomic E-state index is 4.92. The van der Waals surface area contributed by atoms with Crippen molar-refractivity contribution in [2.75, 3.05) is 0 Å². The molecule has 2 heterocycles. The molecule has 2 unspecified atom stereocenters. The summed E-state index contributed by atoms with van der Waals surface area (Å²) in [5.41, 5.74) is 4.21. The summed E-state index contributed by atoms with van der Waals surface area (Å²) in [6.45, 7) is 4.56. The topological polar surface area (TPSA) is 25.8 Å². The third-order valence-electron chi connectivity index (χ3n) is 4.36. The Morgan fingerprint density at radius 3 is 2.79 bits per heavy atom. The minimum atomic E-state index is 0.795. The second-order valence-electron chi connectivity index (χ2n) is 5.70. The van der Waals surface area contributed by atoms with Crippen LogP contribution in [0.2, 0.25) is 0 Å². The molecule has 2 aromatic rings. The summed E-state index contributed by atoms with van der Waals surface area (Å²) >= 11 is 1.84. The third-order valence-corrected chi connectivity index (χ3v) is 5.63. The van der Waals surface area contributed by atoms with Crippen LogP contribution in [-0.4, -0.2) is 9.97 Å². The molecule has 0 amide bonds. The van der Waals surface area contributed by atoms with Crippen LogP contribution in [-0.2, 0) is 0 Å². The molecule has 3 heteroatoms. The quantitative estimate of drug-likeness (QED) is 0.794. The lowest BCUT2D eigenvalue weighted by Crippen LogP contribution is -2.25. The van der Waals surface area contributed by atoms with Gasteiger partial charge >= 0.3 is 0 Å². The molecule has 0 aromatic carbocycles. The Labute approximate surface area is 116 Å². The van der Waals surface area contributed by atoms with Crippen LogP contribution in [0.1, 0.15) is 26.7 Å². The molecule has 2 aromatic heterocycles. The summed E-state index contributed by atoms with van der Waals surface area (Å²) in [4.78, 5) is 9.01. The van der Waals surface area contributed by atoms with Gasteiger partial charge in [0, 0.05) is 18.0 Å². The number of fused-ring (bicyclic) bond motifs is 2. The van der Waals surface area contributed by atoms with Crippen LogP contribution in [0.5, 0.6) is 0 Å². The van der Waals surface area contributed by atoms with E-state index in [0.29, 0.717) is 0 Å². The molecule has 0 spiro atoms. The number of nitrogens with zero attached hydrogens (tertiary/aromatic N) is 2. The van der Waals surface area contributed by atoms with Crippen molar-refractivity contribution >= 4 is 22.5 Å². The second kappa shape index (κ2) is 4.01. The maximum absolute atomic E-state index is 4.92. The molecular formula is C16H16N2S. The molecule has 2 atom stereocenters. The molecule has 19 heavy (non-hydrogen) atoms. The Hall–Kier alpha value is -1.48. The van der Waals surface area contributed by atoms with Crippen LogP contribution in [0.3, 0.4) is 0 Å². The zero-order valence-corrected chi connectivity index (χ0v) is 12.0. The van der Waals surface area contributed by atoms with E-state index in [-0.39, 0.29) is 0 Å². The van der Waals surface area contributed by atoms with Gasteiger partial charge in [-0.25, -0.2) is 4.98 Å². The van der Waals surface area contributed by atoms with E-state index in [0.717, 1.165) is 16.8 Å². The average Bonchev–Trinajstić information content (AvgIpc) is 3.06. The molecule has 0 N–H and O–H groups in total. The number of hydrogen-bond acceptors (Lipinski definition) is 3. The summed E-state index contributed by atoms with van der Waals surface area (Å²) in [7, 11) is 0. The smallest absolute Gasteiger partial charge is 0.124 e. The van der Waals surface area contributed by atoms with Gasteiger partial charge in [0.15, 0.2) is 0 Å². The summed E-state index contributed by atoms with van der Waals surface area (Å²) in [5.74, 6) is 1.69. The fraction of sp³-hybridized carbons (Fsp3) is 0.375. The van der Waals surface area contributed by atoms with Crippen LogP contribution in [0.25, 0.3) is 21.7 Å². The maximum Gasteiger partial charge on any atom is 0.124 e. The van der Waals surface area contributed by atoms with Crippen LogP contribution in [0.4, 0.5) is 0 Å². The van der Waals surface area contributed by atoms with Crippen molar-refractivity contribution in [3.8, 4) is 10.6 Å². The Morgan fingerprint density at radius 1 is 1.21 bits per heavy atom. The summed E-state index contributed by atoms with van der Waals surface area (Å²) in [6.07, 6.45) is 6.30. The fourth-order valence-electron chi connectivity index (χ4n) is 3.16. The van der Waals surface area contributed by atoms with Crippen LogP contribution >= 0.6 is 11.3 Å². The van der Waals surface area contributed by atoms with E-state index in [4.69, 9.17) is 4.98 Å². The zero-order chi connectivity index (χ0) is 13.0. The highest BCUT2D eigenvalue weighted by Crippen LogP contribution is 2.48.